The molecule has 0 aromatic rings. The molecule has 0 radical (unpaired) electrons. The standard InChI is InChI=1S/C13H22N2O2S/c1-13(2,3)5-4-8(16)6-10-11-9(7-18-10)14-12(17)15-11/h9-11H,4-7H2,1-3H3,(H2,14,15,17). The van der Waals surface area contributed by atoms with Crippen molar-refractivity contribution in [2.75, 3.05) is 5.75 Å². The Hall–Kier alpha value is -0.710. The van der Waals surface area contributed by atoms with Crippen LogP contribution in [-0.2, 0) is 4.79 Å². The van der Waals surface area contributed by atoms with Crippen LogP contribution in [0.3, 0.4) is 0 Å². The lowest BCUT2D eigenvalue weighted by atomic mass is 9.88. The lowest BCUT2D eigenvalue weighted by molar-refractivity contribution is -0.119. The van der Waals surface area contributed by atoms with Gasteiger partial charge in [0.05, 0.1) is 12.1 Å². The number of Topliss-reactive ketones (excluding diaryl/α,β-unsaturated/α-hetero) is 1. The predicted molar refractivity (Wildman–Crippen MR) is 73.8 cm³/mol. The zero-order valence-corrected chi connectivity index (χ0v) is 12.1. The lowest BCUT2D eigenvalue weighted by Gasteiger charge is -2.19. The Morgan fingerprint density at radius 1 is 1.39 bits per heavy atom. The SMILES string of the molecule is CC(C)(C)CCC(=O)CC1SCC2NC(=O)NC21. The van der Waals surface area contributed by atoms with Crippen LogP contribution in [0.5, 0.6) is 0 Å². The van der Waals surface area contributed by atoms with Gasteiger partial charge < -0.3 is 10.6 Å². The average Bonchev–Trinajstić information content (AvgIpc) is 2.76. The van der Waals surface area contributed by atoms with Crippen molar-refractivity contribution < 1.29 is 9.59 Å². The number of rotatable bonds is 4. The number of carbonyl (C=O) groups is 2. The number of nitrogens with one attached hydrogen (secondary N) is 2. The molecule has 0 saturated carbocycles. The monoisotopic (exact) mass is 270 g/mol. The smallest absolute Gasteiger partial charge is 0.315 e. The summed E-state index contributed by atoms with van der Waals surface area (Å²) < 4.78 is 0. The van der Waals surface area contributed by atoms with Gasteiger partial charge in [-0.05, 0) is 11.8 Å². The summed E-state index contributed by atoms with van der Waals surface area (Å²) in [6.07, 6.45) is 2.17. The molecular weight excluding hydrogens is 248 g/mol. The molecule has 2 N–H and O–H groups in total. The van der Waals surface area contributed by atoms with E-state index in [1.54, 1.807) is 11.8 Å². The van der Waals surface area contributed by atoms with Crippen LogP contribution in [0.1, 0.15) is 40.0 Å². The largest absolute Gasteiger partial charge is 0.332 e. The maximum Gasteiger partial charge on any atom is 0.315 e. The topological polar surface area (TPSA) is 58.2 Å². The normalized spacial score (nSPS) is 30.8. The molecule has 2 saturated heterocycles. The molecule has 2 rings (SSSR count). The highest BCUT2D eigenvalue weighted by molar-refractivity contribution is 8.00. The van der Waals surface area contributed by atoms with Crippen LogP contribution in [0.15, 0.2) is 0 Å². The van der Waals surface area contributed by atoms with Crippen LogP contribution in [-0.4, -0.2) is 34.9 Å². The van der Waals surface area contributed by atoms with Crippen LogP contribution >= 0.6 is 11.8 Å². The van der Waals surface area contributed by atoms with E-state index < -0.39 is 0 Å². The summed E-state index contributed by atoms with van der Waals surface area (Å²) in [5, 5.41) is 6.06. The highest BCUT2D eigenvalue weighted by Gasteiger charge is 2.43. The third-order valence-corrected chi connectivity index (χ3v) is 4.96. The summed E-state index contributed by atoms with van der Waals surface area (Å²) in [6.45, 7) is 6.46. The second kappa shape index (κ2) is 5.11. The van der Waals surface area contributed by atoms with E-state index in [-0.39, 0.29) is 28.8 Å². The highest BCUT2D eigenvalue weighted by atomic mass is 32.2. The van der Waals surface area contributed by atoms with Crippen molar-refractivity contribution in [2.24, 2.45) is 5.41 Å². The molecule has 102 valence electrons. The second-order valence-corrected chi connectivity index (χ2v) is 7.70. The van der Waals surface area contributed by atoms with Crippen molar-refractivity contribution in [3.63, 3.8) is 0 Å². The molecule has 0 aromatic heterocycles. The van der Waals surface area contributed by atoms with Gasteiger partial charge in [0.2, 0.25) is 0 Å². The number of ketones is 1. The first-order valence-corrected chi connectivity index (χ1v) is 7.60. The highest BCUT2D eigenvalue weighted by Crippen LogP contribution is 2.33. The van der Waals surface area contributed by atoms with E-state index in [0.717, 1.165) is 12.2 Å². The number of carbonyl (C=O) groups excluding carboxylic acids is 2. The van der Waals surface area contributed by atoms with Crippen LogP contribution in [0.4, 0.5) is 4.79 Å². The fourth-order valence-corrected chi connectivity index (χ4v) is 3.92. The molecule has 0 spiro atoms. The van der Waals surface area contributed by atoms with Crippen molar-refractivity contribution in [3.8, 4) is 0 Å². The molecule has 0 aromatic carbocycles. The third-order valence-electron chi connectivity index (χ3n) is 3.52. The summed E-state index contributed by atoms with van der Waals surface area (Å²) in [5.74, 6) is 1.24. The van der Waals surface area contributed by atoms with Crippen LogP contribution in [0.25, 0.3) is 0 Å². The lowest BCUT2D eigenvalue weighted by Crippen LogP contribution is -2.37. The average molecular weight is 270 g/mol. The molecule has 2 amide bonds. The van der Waals surface area contributed by atoms with E-state index in [2.05, 4.69) is 31.4 Å². The van der Waals surface area contributed by atoms with Crippen LogP contribution < -0.4 is 10.6 Å². The number of amides is 2. The van der Waals surface area contributed by atoms with Crippen molar-refractivity contribution in [2.45, 2.75) is 57.4 Å². The van der Waals surface area contributed by atoms with Crippen molar-refractivity contribution >= 4 is 23.6 Å². The van der Waals surface area contributed by atoms with Gasteiger partial charge in [-0.15, -0.1) is 0 Å². The van der Waals surface area contributed by atoms with Gasteiger partial charge in [0.1, 0.15) is 5.78 Å². The summed E-state index contributed by atoms with van der Waals surface area (Å²) in [7, 11) is 0. The Morgan fingerprint density at radius 3 is 2.78 bits per heavy atom. The fraction of sp³-hybridized carbons (Fsp3) is 0.846. The summed E-state index contributed by atoms with van der Waals surface area (Å²) in [5.41, 5.74) is 0.212. The molecule has 3 unspecified atom stereocenters. The minimum absolute atomic E-state index is 0.0857. The van der Waals surface area contributed by atoms with Gasteiger partial charge >= 0.3 is 6.03 Å². The van der Waals surface area contributed by atoms with E-state index in [1.807, 2.05) is 0 Å². The first-order valence-electron chi connectivity index (χ1n) is 6.55. The van der Waals surface area contributed by atoms with E-state index in [4.69, 9.17) is 0 Å². The molecule has 2 heterocycles. The third kappa shape index (κ3) is 3.40. The molecule has 5 heteroatoms. The van der Waals surface area contributed by atoms with Gasteiger partial charge in [0, 0.05) is 23.8 Å². The summed E-state index contributed by atoms with van der Waals surface area (Å²) in [4.78, 5) is 23.2. The molecule has 4 nitrogen and oxygen atoms in total. The number of urea groups is 1. The molecule has 0 aliphatic carbocycles. The van der Waals surface area contributed by atoms with Crippen molar-refractivity contribution in [1.29, 1.82) is 0 Å². The zero-order chi connectivity index (χ0) is 13.3. The Kier molecular flexibility index (Phi) is 3.90. The minimum Gasteiger partial charge on any atom is -0.332 e. The van der Waals surface area contributed by atoms with E-state index in [9.17, 15) is 9.59 Å². The van der Waals surface area contributed by atoms with E-state index in [0.29, 0.717) is 18.6 Å². The molecular formula is C13H22N2O2S. The molecule has 2 aliphatic heterocycles. The number of hydrogen-bond acceptors (Lipinski definition) is 3. The predicted octanol–water partition coefficient (Wildman–Crippen LogP) is 1.94. The molecule has 2 fully saturated rings. The second-order valence-electron chi connectivity index (χ2n) is 6.43. The van der Waals surface area contributed by atoms with Crippen LogP contribution in [0, 0.1) is 5.41 Å². The van der Waals surface area contributed by atoms with Crippen molar-refractivity contribution in [1.82, 2.24) is 10.6 Å². The first kappa shape index (κ1) is 13.7. The zero-order valence-electron chi connectivity index (χ0n) is 11.3. The van der Waals surface area contributed by atoms with Gasteiger partial charge in [0.25, 0.3) is 0 Å². The Morgan fingerprint density at radius 2 is 2.11 bits per heavy atom. The summed E-state index contributed by atoms with van der Waals surface area (Å²) in [6, 6.07) is 0.265. The van der Waals surface area contributed by atoms with Gasteiger partial charge in [0.15, 0.2) is 0 Å². The van der Waals surface area contributed by atoms with E-state index in [1.165, 1.54) is 0 Å². The Bertz CT molecular complexity index is 351. The van der Waals surface area contributed by atoms with Gasteiger partial charge in [-0.3, -0.25) is 4.79 Å². The maximum atomic E-state index is 12.0. The quantitative estimate of drug-likeness (QED) is 0.768. The first-order chi connectivity index (χ1) is 8.35. The molecule has 18 heavy (non-hydrogen) atoms. The number of fused-ring (bicyclic) bond motifs is 1. The number of hydrogen-bond donors (Lipinski definition) is 2. The molecule has 3 atom stereocenters. The minimum atomic E-state index is -0.0857. The summed E-state index contributed by atoms with van der Waals surface area (Å²) >= 11 is 1.80. The van der Waals surface area contributed by atoms with E-state index >= 15 is 0 Å². The molecule has 2 aliphatic rings. The van der Waals surface area contributed by atoms with Gasteiger partial charge in [-0.1, -0.05) is 20.8 Å². The Balaban J connectivity index is 1.80. The fourth-order valence-electron chi connectivity index (χ4n) is 2.41. The maximum absolute atomic E-state index is 12.0. The number of thioether (sulfide) groups is 1. The van der Waals surface area contributed by atoms with Gasteiger partial charge in [-0.2, -0.15) is 11.8 Å². The molecule has 0 bridgehead atoms. The Labute approximate surface area is 113 Å². The van der Waals surface area contributed by atoms with Gasteiger partial charge in [-0.25, -0.2) is 4.79 Å². The van der Waals surface area contributed by atoms with Crippen molar-refractivity contribution in [3.05, 3.63) is 0 Å². The van der Waals surface area contributed by atoms with Crippen LogP contribution in [0.2, 0.25) is 0 Å².